The molecular weight excluding hydrogens is 208 g/mol. The molecule has 0 amide bonds. The van der Waals surface area contributed by atoms with E-state index in [-0.39, 0.29) is 6.04 Å². The third kappa shape index (κ3) is 3.52. The number of hydrazine groups is 1. The van der Waals surface area contributed by atoms with E-state index in [0.29, 0.717) is 0 Å². The molecule has 0 spiro atoms. The fourth-order valence-electron chi connectivity index (χ4n) is 1.44. The lowest BCUT2D eigenvalue weighted by Crippen LogP contribution is -2.32. The van der Waals surface area contributed by atoms with Crippen molar-refractivity contribution in [2.24, 2.45) is 5.84 Å². The Morgan fingerprint density at radius 2 is 2.40 bits per heavy atom. The Morgan fingerprint density at radius 3 is 3.00 bits per heavy atom. The van der Waals surface area contributed by atoms with Crippen molar-refractivity contribution in [2.75, 3.05) is 11.5 Å². The van der Waals surface area contributed by atoms with Gasteiger partial charge < -0.3 is 4.57 Å². The number of nitrogens with zero attached hydrogens (tertiary/aromatic N) is 2. The Labute approximate surface area is 95.6 Å². The summed E-state index contributed by atoms with van der Waals surface area (Å²) in [6.45, 7) is 5.23. The SMILES string of the molecule is CCCSCC(NN)c1nccn1CC. The second kappa shape index (κ2) is 6.87. The highest BCUT2D eigenvalue weighted by atomic mass is 32.2. The number of aryl methyl sites for hydroxylation is 1. The predicted octanol–water partition coefficient (Wildman–Crippen LogP) is 1.55. The lowest BCUT2D eigenvalue weighted by Gasteiger charge is -2.16. The quantitative estimate of drug-likeness (QED) is 0.422. The first-order valence-electron chi connectivity index (χ1n) is 5.38. The highest BCUT2D eigenvalue weighted by molar-refractivity contribution is 7.99. The summed E-state index contributed by atoms with van der Waals surface area (Å²) in [6.07, 6.45) is 5.02. The molecular formula is C10H20N4S. The minimum Gasteiger partial charge on any atom is -0.334 e. The van der Waals surface area contributed by atoms with Crippen LogP contribution < -0.4 is 11.3 Å². The Hall–Kier alpha value is -0.520. The molecule has 0 radical (unpaired) electrons. The highest BCUT2D eigenvalue weighted by Crippen LogP contribution is 2.16. The Bertz CT molecular complexity index is 274. The van der Waals surface area contributed by atoms with Gasteiger partial charge in [0.25, 0.3) is 0 Å². The van der Waals surface area contributed by atoms with Gasteiger partial charge in [0.2, 0.25) is 0 Å². The molecule has 1 aromatic heterocycles. The number of nitrogens with one attached hydrogen (secondary N) is 1. The number of nitrogens with two attached hydrogens (primary N) is 1. The maximum atomic E-state index is 5.55. The average Bonchev–Trinajstić information content (AvgIpc) is 2.72. The van der Waals surface area contributed by atoms with Crippen LogP contribution >= 0.6 is 11.8 Å². The summed E-state index contributed by atoms with van der Waals surface area (Å²) in [5.74, 6) is 8.73. The van der Waals surface area contributed by atoms with Crippen LogP contribution in [-0.2, 0) is 6.54 Å². The predicted molar refractivity (Wildman–Crippen MR) is 65.6 cm³/mol. The van der Waals surface area contributed by atoms with E-state index in [4.69, 9.17) is 5.84 Å². The lowest BCUT2D eigenvalue weighted by molar-refractivity contribution is 0.540. The molecule has 0 aliphatic carbocycles. The highest BCUT2D eigenvalue weighted by Gasteiger charge is 2.14. The van der Waals surface area contributed by atoms with Gasteiger partial charge in [-0.15, -0.1) is 0 Å². The van der Waals surface area contributed by atoms with Crippen LogP contribution in [0.15, 0.2) is 12.4 Å². The average molecular weight is 228 g/mol. The largest absolute Gasteiger partial charge is 0.334 e. The van der Waals surface area contributed by atoms with Gasteiger partial charge in [0, 0.05) is 24.7 Å². The van der Waals surface area contributed by atoms with E-state index in [2.05, 4.69) is 28.8 Å². The van der Waals surface area contributed by atoms with Crippen molar-refractivity contribution >= 4 is 11.8 Å². The van der Waals surface area contributed by atoms with Crippen LogP contribution in [-0.4, -0.2) is 21.1 Å². The molecule has 0 saturated carbocycles. The topological polar surface area (TPSA) is 55.9 Å². The Balaban J connectivity index is 2.57. The zero-order valence-corrected chi connectivity index (χ0v) is 10.3. The van der Waals surface area contributed by atoms with E-state index >= 15 is 0 Å². The standard InChI is InChI=1S/C10H20N4S/c1-3-7-15-8-9(13-11)10-12-5-6-14(10)4-2/h5-6,9,13H,3-4,7-8,11H2,1-2H3. The molecule has 0 saturated heterocycles. The van der Waals surface area contributed by atoms with E-state index in [1.54, 1.807) is 0 Å². The van der Waals surface area contributed by atoms with Crippen molar-refractivity contribution in [2.45, 2.75) is 32.9 Å². The minimum absolute atomic E-state index is 0.150. The fraction of sp³-hybridized carbons (Fsp3) is 0.700. The zero-order chi connectivity index (χ0) is 11.1. The molecule has 4 nitrogen and oxygen atoms in total. The van der Waals surface area contributed by atoms with Gasteiger partial charge in [0.1, 0.15) is 5.82 Å². The van der Waals surface area contributed by atoms with Crippen molar-refractivity contribution in [3.8, 4) is 0 Å². The molecule has 1 rings (SSSR count). The van der Waals surface area contributed by atoms with Crippen molar-refractivity contribution in [1.82, 2.24) is 15.0 Å². The second-order valence-corrected chi connectivity index (χ2v) is 4.52. The lowest BCUT2D eigenvalue weighted by atomic mass is 10.3. The maximum Gasteiger partial charge on any atom is 0.128 e. The van der Waals surface area contributed by atoms with E-state index in [1.165, 1.54) is 12.2 Å². The monoisotopic (exact) mass is 228 g/mol. The van der Waals surface area contributed by atoms with Crippen LogP contribution in [0, 0.1) is 0 Å². The van der Waals surface area contributed by atoms with Crippen LogP contribution in [0.2, 0.25) is 0 Å². The van der Waals surface area contributed by atoms with Gasteiger partial charge in [-0.05, 0) is 19.1 Å². The molecule has 0 aliphatic rings. The molecule has 3 N–H and O–H groups in total. The third-order valence-corrected chi connectivity index (χ3v) is 3.50. The molecule has 0 aromatic carbocycles. The number of hydrogen-bond donors (Lipinski definition) is 2. The number of thioether (sulfide) groups is 1. The summed E-state index contributed by atoms with van der Waals surface area (Å²) < 4.78 is 2.12. The fourth-order valence-corrected chi connectivity index (χ4v) is 2.38. The first kappa shape index (κ1) is 12.5. The maximum absolute atomic E-state index is 5.55. The van der Waals surface area contributed by atoms with Gasteiger partial charge in [-0.25, -0.2) is 10.4 Å². The molecule has 1 unspecified atom stereocenters. The van der Waals surface area contributed by atoms with Crippen LogP contribution in [0.25, 0.3) is 0 Å². The summed E-state index contributed by atoms with van der Waals surface area (Å²) in [5.41, 5.74) is 2.83. The van der Waals surface area contributed by atoms with Gasteiger partial charge in [-0.1, -0.05) is 6.92 Å². The zero-order valence-electron chi connectivity index (χ0n) is 9.44. The van der Waals surface area contributed by atoms with E-state index in [1.807, 2.05) is 24.2 Å². The summed E-state index contributed by atoms with van der Waals surface area (Å²) in [4.78, 5) is 4.34. The molecule has 1 atom stereocenters. The summed E-state index contributed by atoms with van der Waals surface area (Å²) >= 11 is 1.91. The van der Waals surface area contributed by atoms with Crippen LogP contribution in [0.4, 0.5) is 0 Å². The van der Waals surface area contributed by atoms with Crippen molar-refractivity contribution in [1.29, 1.82) is 0 Å². The number of rotatable bonds is 7. The summed E-state index contributed by atoms with van der Waals surface area (Å²) in [6, 6.07) is 0.150. The van der Waals surface area contributed by atoms with Gasteiger partial charge in [0.05, 0.1) is 6.04 Å². The van der Waals surface area contributed by atoms with Gasteiger partial charge in [-0.2, -0.15) is 11.8 Å². The third-order valence-electron chi connectivity index (χ3n) is 2.23. The first-order valence-corrected chi connectivity index (χ1v) is 6.53. The minimum atomic E-state index is 0.150. The Kier molecular flexibility index (Phi) is 5.75. The Morgan fingerprint density at radius 1 is 1.60 bits per heavy atom. The molecule has 15 heavy (non-hydrogen) atoms. The summed E-state index contributed by atoms with van der Waals surface area (Å²) in [7, 11) is 0. The normalized spacial score (nSPS) is 13.0. The molecule has 86 valence electrons. The smallest absolute Gasteiger partial charge is 0.128 e. The van der Waals surface area contributed by atoms with E-state index in [9.17, 15) is 0 Å². The van der Waals surface area contributed by atoms with E-state index in [0.717, 1.165) is 18.1 Å². The van der Waals surface area contributed by atoms with Crippen molar-refractivity contribution < 1.29 is 0 Å². The molecule has 0 fully saturated rings. The number of hydrogen-bond acceptors (Lipinski definition) is 4. The molecule has 0 bridgehead atoms. The molecule has 0 aliphatic heterocycles. The van der Waals surface area contributed by atoms with Gasteiger partial charge in [0.15, 0.2) is 0 Å². The first-order chi connectivity index (χ1) is 7.33. The second-order valence-electron chi connectivity index (χ2n) is 3.37. The molecule has 1 heterocycles. The molecule has 5 heteroatoms. The van der Waals surface area contributed by atoms with Gasteiger partial charge in [-0.3, -0.25) is 5.84 Å². The van der Waals surface area contributed by atoms with Crippen LogP contribution in [0.5, 0.6) is 0 Å². The van der Waals surface area contributed by atoms with Crippen LogP contribution in [0.3, 0.4) is 0 Å². The van der Waals surface area contributed by atoms with Crippen molar-refractivity contribution in [3.63, 3.8) is 0 Å². The van der Waals surface area contributed by atoms with Gasteiger partial charge >= 0.3 is 0 Å². The summed E-state index contributed by atoms with van der Waals surface area (Å²) in [5, 5.41) is 0. The van der Waals surface area contributed by atoms with E-state index < -0.39 is 0 Å². The van der Waals surface area contributed by atoms with Crippen LogP contribution in [0.1, 0.15) is 32.1 Å². The molecule has 1 aromatic rings. The number of aromatic nitrogens is 2. The van der Waals surface area contributed by atoms with Crippen molar-refractivity contribution in [3.05, 3.63) is 18.2 Å². The number of imidazole rings is 1.